The molecule has 0 aliphatic carbocycles. The predicted octanol–water partition coefficient (Wildman–Crippen LogP) is 4.57. The maximum Gasteiger partial charge on any atom is 0.303 e. The van der Waals surface area contributed by atoms with Crippen LogP contribution in [0.15, 0.2) is 64.6 Å². The first-order valence-electron chi connectivity index (χ1n) is 10.8. The van der Waals surface area contributed by atoms with E-state index in [1.165, 1.54) is 25.6 Å². The van der Waals surface area contributed by atoms with Crippen LogP contribution in [0.5, 0.6) is 0 Å². The third-order valence-corrected chi connectivity index (χ3v) is 6.28. The van der Waals surface area contributed by atoms with Crippen molar-refractivity contribution in [3.05, 3.63) is 76.2 Å². The summed E-state index contributed by atoms with van der Waals surface area (Å²) >= 11 is 1.33. The summed E-state index contributed by atoms with van der Waals surface area (Å²) in [7, 11) is 0. The highest BCUT2D eigenvalue weighted by Crippen LogP contribution is 2.37. The van der Waals surface area contributed by atoms with Gasteiger partial charge >= 0.3 is 11.9 Å². The van der Waals surface area contributed by atoms with Gasteiger partial charge in [0.25, 0.3) is 0 Å². The van der Waals surface area contributed by atoms with Gasteiger partial charge in [0.1, 0.15) is 36.4 Å². The molecule has 9 nitrogen and oxygen atoms in total. The summed E-state index contributed by atoms with van der Waals surface area (Å²) in [6, 6.07) is 16.3. The molecule has 0 aromatic heterocycles. The van der Waals surface area contributed by atoms with Gasteiger partial charge in [-0.2, -0.15) is 0 Å². The lowest BCUT2D eigenvalue weighted by molar-refractivity contribution is -0.209. The van der Waals surface area contributed by atoms with E-state index in [1.807, 2.05) is 61.5 Å². The summed E-state index contributed by atoms with van der Waals surface area (Å²) in [4.78, 5) is 27.4. The van der Waals surface area contributed by atoms with Gasteiger partial charge in [-0.1, -0.05) is 64.9 Å². The van der Waals surface area contributed by atoms with Crippen LogP contribution in [0, 0.1) is 6.92 Å². The minimum atomic E-state index is -0.950. The topological polar surface area (TPSA) is 120 Å². The van der Waals surface area contributed by atoms with E-state index in [0.29, 0.717) is 0 Å². The summed E-state index contributed by atoms with van der Waals surface area (Å²) in [5.41, 5.74) is 10.6. The molecular weight excluding hydrogens is 458 g/mol. The Morgan fingerprint density at radius 1 is 1.06 bits per heavy atom. The van der Waals surface area contributed by atoms with Gasteiger partial charge in [-0.05, 0) is 30.2 Å². The third-order valence-electron chi connectivity index (χ3n) is 5.11. The molecule has 0 amide bonds. The zero-order valence-corrected chi connectivity index (χ0v) is 20.0. The second-order valence-electron chi connectivity index (χ2n) is 7.81. The lowest BCUT2D eigenvalue weighted by atomic mass is 9.98. The minimum absolute atomic E-state index is 0.111. The number of hydrogen-bond donors (Lipinski definition) is 0. The first-order chi connectivity index (χ1) is 16.4. The number of carbonyl (C=O) groups is 2. The Morgan fingerprint density at radius 3 is 2.38 bits per heavy atom. The number of nitrogens with zero attached hydrogens (tertiary/aromatic N) is 3. The first kappa shape index (κ1) is 25.6. The average Bonchev–Trinajstić information content (AvgIpc) is 2.81. The molecule has 0 radical (unpaired) electrons. The van der Waals surface area contributed by atoms with Crippen LogP contribution >= 0.6 is 11.8 Å². The van der Waals surface area contributed by atoms with Crippen LogP contribution in [-0.4, -0.2) is 48.3 Å². The molecule has 0 N–H and O–H groups in total. The Kier molecular flexibility index (Phi) is 9.35. The van der Waals surface area contributed by atoms with E-state index in [4.69, 9.17) is 18.9 Å². The largest absolute Gasteiger partial charge is 0.463 e. The van der Waals surface area contributed by atoms with Gasteiger partial charge < -0.3 is 18.9 Å². The Morgan fingerprint density at radius 2 is 1.76 bits per heavy atom. The first-order valence-corrected chi connectivity index (χ1v) is 11.6. The number of esters is 2. The molecule has 0 spiro atoms. The molecule has 2 aromatic rings. The Bertz CT molecular complexity index is 1010. The van der Waals surface area contributed by atoms with Gasteiger partial charge in [0, 0.05) is 23.7 Å². The number of ether oxygens (including phenoxy) is 4. The van der Waals surface area contributed by atoms with Crippen LogP contribution in [0.2, 0.25) is 0 Å². The molecule has 1 heterocycles. The van der Waals surface area contributed by atoms with E-state index >= 15 is 0 Å². The highest BCUT2D eigenvalue weighted by Gasteiger charge is 2.49. The van der Waals surface area contributed by atoms with Crippen molar-refractivity contribution in [1.29, 1.82) is 0 Å². The van der Waals surface area contributed by atoms with Gasteiger partial charge in [-0.3, -0.25) is 9.59 Å². The number of hydrogen-bond acceptors (Lipinski definition) is 8. The van der Waals surface area contributed by atoms with Crippen LogP contribution < -0.4 is 0 Å². The number of carbonyl (C=O) groups excluding carboxylic acids is 2. The van der Waals surface area contributed by atoms with Crippen molar-refractivity contribution in [1.82, 2.24) is 0 Å². The molecule has 0 bridgehead atoms. The van der Waals surface area contributed by atoms with E-state index in [-0.39, 0.29) is 13.2 Å². The number of aryl methyl sites for hydroxylation is 1. The van der Waals surface area contributed by atoms with E-state index in [2.05, 4.69) is 10.0 Å². The average molecular weight is 486 g/mol. The molecule has 1 aliphatic heterocycles. The normalized spacial score (nSPS) is 24.0. The van der Waals surface area contributed by atoms with Gasteiger partial charge in [0.15, 0.2) is 0 Å². The summed E-state index contributed by atoms with van der Waals surface area (Å²) in [6.07, 6.45) is -2.55. The third kappa shape index (κ3) is 7.23. The highest BCUT2D eigenvalue weighted by atomic mass is 32.2. The molecule has 1 fully saturated rings. The van der Waals surface area contributed by atoms with Gasteiger partial charge in [0.05, 0.1) is 6.61 Å². The van der Waals surface area contributed by atoms with E-state index in [9.17, 15) is 15.1 Å². The fraction of sp³-hybridized carbons (Fsp3) is 0.417. The number of thioether (sulfide) groups is 1. The lowest BCUT2D eigenvalue weighted by Gasteiger charge is -2.44. The Labute approximate surface area is 202 Å². The predicted molar refractivity (Wildman–Crippen MR) is 126 cm³/mol. The fourth-order valence-corrected chi connectivity index (χ4v) is 4.66. The maximum atomic E-state index is 12.0. The van der Waals surface area contributed by atoms with Crippen LogP contribution in [-0.2, 0) is 35.1 Å². The number of rotatable bonds is 9. The summed E-state index contributed by atoms with van der Waals surface area (Å²) in [6.45, 7) is 4.64. The monoisotopic (exact) mass is 485 g/mol. The molecular formula is C24H27N3O6S. The van der Waals surface area contributed by atoms with Gasteiger partial charge in [-0.15, -0.1) is 0 Å². The molecule has 10 heteroatoms. The molecule has 5 atom stereocenters. The van der Waals surface area contributed by atoms with Crippen molar-refractivity contribution in [2.45, 2.75) is 62.1 Å². The fourth-order valence-electron chi connectivity index (χ4n) is 3.55. The van der Waals surface area contributed by atoms with Crippen LogP contribution in [0.25, 0.3) is 10.4 Å². The standard InChI is InChI=1S/C24H27N3O6S/c1-15-9-11-19(12-10-15)34-24-21(26-27-25)23(32-17(3)29)22(20(33-24)14-30-16(2)28)31-13-18-7-5-4-6-8-18/h4-12,20-24H,13-14H2,1-3H3/t20-,21-,22+,23-,24?/m1/s1. The van der Waals surface area contributed by atoms with E-state index in [1.54, 1.807) is 0 Å². The van der Waals surface area contributed by atoms with Crippen molar-refractivity contribution in [3.8, 4) is 0 Å². The smallest absolute Gasteiger partial charge is 0.303 e. The van der Waals surface area contributed by atoms with Crippen molar-refractivity contribution >= 4 is 23.7 Å². The summed E-state index contributed by atoms with van der Waals surface area (Å²) in [5, 5.41) is 3.92. The minimum Gasteiger partial charge on any atom is -0.463 e. The highest BCUT2D eigenvalue weighted by molar-refractivity contribution is 7.99. The zero-order chi connectivity index (χ0) is 24.5. The lowest BCUT2D eigenvalue weighted by Crippen LogP contribution is -2.59. The second kappa shape index (κ2) is 12.4. The maximum absolute atomic E-state index is 12.0. The molecule has 2 aromatic carbocycles. The summed E-state index contributed by atoms with van der Waals surface area (Å²) in [5.74, 6) is -1.03. The summed E-state index contributed by atoms with van der Waals surface area (Å²) < 4.78 is 23.2. The van der Waals surface area contributed by atoms with Gasteiger partial charge in [0.2, 0.25) is 0 Å². The molecule has 3 rings (SSSR count). The van der Waals surface area contributed by atoms with Crippen LogP contribution in [0.4, 0.5) is 0 Å². The van der Waals surface area contributed by atoms with Crippen LogP contribution in [0.3, 0.4) is 0 Å². The van der Waals surface area contributed by atoms with Crippen molar-refractivity contribution in [3.63, 3.8) is 0 Å². The van der Waals surface area contributed by atoms with Crippen LogP contribution in [0.1, 0.15) is 25.0 Å². The quantitative estimate of drug-likeness (QED) is 0.221. The van der Waals surface area contributed by atoms with E-state index in [0.717, 1.165) is 16.0 Å². The van der Waals surface area contributed by atoms with Crippen molar-refractivity contribution in [2.75, 3.05) is 6.61 Å². The molecule has 34 heavy (non-hydrogen) atoms. The second-order valence-corrected chi connectivity index (χ2v) is 8.98. The van der Waals surface area contributed by atoms with Crippen molar-refractivity contribution < 1.29 is 28.5 Å². The zero-order valence-electron chi connectivity index (χ0n) is 19.2. The molecule has 1 aliphatic rings. The van der Waals surface area contributed by atoms with Gasteiger partial charge in [-0.25, -0.2) is 0 Å². The van der Waals surface area contributed by atoms with E-state index < -0.39 is 41.7 Å². The number of benzene rings is 2. The SMILES string of the molecule is CC(=O)OC[C@H]1OC(Sc2ccc(C)cc2)[C@H](N=[N+]=[N-])[C@@H](OC(C)=O)[C@H]1OCc1ccccc1. The Balaban J connectivity index is 1.92. The molecule has 180 valence electrons. The molecule has 1 unspecified atom stereocenters. The number of azide groups is 1. The molecule has 0 saturated carbocycles. The van der Waals surface area contributed by atoms with Crippen molar-refractivity contribution in [2.24, 2.45) is 5.11 Å². The Hall–Kier alpha value is -3.04. The molecule has 1 saturated heterocycles.